The van der Waals surface area contributed by atoms with Gasteiger partial charge in [-0.25, -0.2) is 12.8 Å². The van der Waals surface area contributed by atoms with Crippen LogP contribution in [0.1, 0.15) is 43.9 Å². The molecule has 0 fully saturated rings. The van der Waals surface area contributed by atoms with Crippen molar-refractivity contribution in [1.82, 2.24) is 10.2 Å². The molecule has 0 aliphatic rings. The molecular formula is C36H40FN3O4S. The van der Waals surface area contributed by atoms with Gasteiger partial charge in [-0.3, -0.25) is 13.9 Å². The molecule has 7 nitrogen and oxygen atoms in total. The molecule has 2 atom stereocenters. The van der Waals surface area contributed by atoms with Gasteiger partial charge in [-0.2, -0.15) is 0 Å². The zero-order valence-electron chi connectivity index (χ0n) is 25.9. The summed E-state index contributed by atoms with van der Waals surface area (Å²) in [5, 5.41) is 2.98. The van der Waals surface area contributed by atoms with E-state index in [-0.39, 0.29) is 29.5 Å². The molecule has 45 heavy (non-hydrogen) atoms. The molecule has 0 aliphatic carbocycles. The van der Waals surface area contributed by atoms with Gasteiger partial charge >= 0.3 is 0 Å². The summed E-state index contributed by atoms with van der Waals surface area (Å²) in [6, 6.07) is 29.0. The Morgan fingerprint density at radius 3 is 2.00 bits per heavy atom. The molecule has 0 heterocycles. The Morgan fingerprint density at radius 2 is 1.40 bits per heavy atom. The van der Waals surface area contributed by atoms with Crippen molar-refractivity contribution in [2.75, 3.05) is 10.8 Å². The summed E-state index contributed by atoms with van der Waals surface area (Å²) in [6.45, 7) is 4.98. The highest BCUT2D eigenvalue weighted by Crippen LogP contribution is 2.26. The van der Waals surface area contributed by atoms with Gasteiger partial charge in [0.1, 0.15) is 18.4 Å². The van der Waals surface area contributed by atoms with Gasteiger partial charge in [-0.05, 0) is 61.2 Å². The minimum absolute atomic E-state index is 0.0216. The molecule has 0 bridgehead atoms. The van der Waals surface area contributed by atoms with Gasteiger partial charge in [-0.15, -0.1) is 0 Å². The van der Waals surface area contributed by atoms with E-state index in [1.807, 2.05) is 63.2 Å². The van der Waals surface area contributed by atoms with Crippen molar-refractivity contribution in [3.63, 3.8) is 0 Å². The van der Waals surface area contributed by atoms with Crippen LogP contribution in [0.5, 0.6) is 0 Å². The number of anilines is 1. The van der Waals surface area contributed by atoms with Crippen LogP contribution in [0.15, 0.2) is 114 Å². The minimum atomic E-state index is -4.20. The van der Waals surface area contributed by atoms with Crippen molar-refractivity contribution in [2.45, 2.75) is 63.6 Å². The molecule has 4 aromatic rings. The third kappa shape index (κ3) is 8.57. The number of nitrogens with one attached hydrogen (secondary N) is 1. The maximum absolute atomic E-state index is 15.0. The normalized spacial score (nSPS) is 12.6. The van der Waals surface area contributed by atoms with Crippen LogP contribution < -0.4 is 9.62 Å². The van der Waals surface area contributed by atoms with Gasteiger partial charge in [0.25, 0.3) is 10.0 Å². The Kier molecular flexibility index (Phi) is 11.5. The maximum atomic E-state index is 15.0. The zero-order valence-corrected chi connectivity index (χ0v) is 26.7. The van der Waals surface area contributed by atoms with E-state index in [9.17, 15) is 18.0 Å². The van der Waals surface area contributed by atoms with Gasteiger partial charge in [-0.1, -0.05) is 92.7 Å². The Bertz CT molecular complexity index is 1670. The van der Waals surface area contributed by atoms with Crippen LogP contribution in [0.3, 0.4) is 0 Å². The lowest BCUT2D eigenvalue weighted by Crippen LogP contribution is -2.54. The Morgan fingerprint density at radius 1 is 0.800 bits per heavy atom. The van der Waals surface area contributed by atoms with Crippen molar-refractivity contribution in [2.24, 2.45) is 0 Å². The first-order valence-corrected chi connectivity index (χ1v) is 16.6. The largest absolute Gasteiger partial charge is 0.352 e. The maximum Gasteiger partial charge on any atom is 0.264 e. The molecule has 0 saturated carbocycles. The number of carbonyl (C=O) groups is 2. The van der Waals surface area contributed by atoms with Crippen LogP contribution in [-0.2, 0) is 39.0 Å². The average molecular weight is 630 g/mol. The number of sulfonamides is 1. The molecule has 2 amide bonds. The average Bonchev–Trinajstić information content (AvgIpc) is 3.06. The van der Waals surface area contributed by atoms with Crippen molar-refractivity contribution >= 4 is 27.5 Å². The van der Waals surface area contributed by atoms with E-state index in [4.69, 9.17) is 0 Å². The van der Waals surface area contributed by atoms with E-state index in [0.717, 1.165) is 21.9 Å². The highest BCUT2D eigenvalue weighted by atomic mass is 32.2. The molecule has 0 radical (unpaired) electrons. The van der Waals surface area contributed by atoms with E-state index >= 15 is 4.39 Å². The van der Waals surface area contributed by atoms with Gasteiger partial charge < -0.3 is 10.2 Å². The molecule has 0 unspecified atom stereocenters. The number of hydrogen-bond acceptors (Lipinski definition) is 4. The van der Waals surface area contributed by atoms with Gasteiger partial charge in [0.15, 0.2) is 0 Å². The molecule has 4 rings (SSSR count). The summed E-state index contributed by atoms with van der Waals surface area (Å²) in [5.41, 5.74) is 2.33. The highest BCUT2D eigenvalue weighted by Gasteiger charge is 2.35. The van der Waals surface area contributed by atoms with Crippen LogP contribution in [0.2, 0.25) is 0 Å². The smallest absolute Gasteiger partial charge is 0.264 e. The van der Waals surface area contributed by atoms with E-state index < -0.39 is 40.2 Å². The molecule has 236 valence electrons. The fourth-order valence-corrected chi connectivity index (χ4v) is 6.39. The summed E-state index contributed by atoms with van der Waals surface area (Å²) in [6.07, 6.45) is 1.58. The number of hydrogen-bond donors (Lipinski definition) is 1. The van der Waals surface area contributed by atoms with Crippen LogP contribution >= 0.6 is 0 Å². The molecule has 4 aromatic carbocycles. The number of rotatable bonds is 14. The molecule has 0 spiro atoms. The molecule has 1 N–H and O–H groups in total. The molecule has 0 saturated heterocycles. The number of amides is 2. The van der Waals surface area contributed by atoms with Crippen molar-refractivity contribution in [3.8, 4) is 0 Å². The Hall–Kier alpha value is -4.50. The fraction of sp³-hybridized carbons (Fsp3) is 0.278. The van der Waals surface area contributed by atoms with E-state index in [1.165, 1.54) is 23.1 Å². The number of nitrogens with zero attached hydrogens (tertiary/aromatic N) is 2. The van der Waals surface area contributed by atoms with E-state index in [1.54, 1.807) is 48.5 Å². The quantitative estimate of drug-likeness (QED) is 0.182. The molecular weight excluding hydrogens is 589 g/mol. The number of aryl methyl sites for hydroxylation is 1. The van der Waals surface area contributed by atoms with Crippen molar-refractivity contribution in [3.05, 3.63) is 132 Å². The number of carbonyl (C=O) groups excluding carboxylic acids is 2. The lowest BCUT2D eigenvalue weighted by atomic mass is 10.0. The predicted octanol–water partition coefficient (Wildman–Crippen LogP) is 6.14. The van der Waals surface area contributed by atoms with Crippen LogP contribution in [0, 0.1) is 5.82 Å². The molecule has 9 heteroatoms. The minimum Gasteiger partial charge on any atom is -0.352 e. The number of halogens is 1. The third-order valence-electron chi connectivity index (χ3n) is 7.81. The number of benzene rings is 4. The summed E-state index contributed by atoms with van der Waals surface area (Å²) in [5.74, 6) is -1.57. The summed E-state index contributed by atoms with van der Waals surface area (Å²) in [7, 11) is -4.20. The monoisotopic (exact) mass is 629 g/mol. The topological polar surface area (TPSA) is 86.8 Å². The first-order valence-electron chi connectivity index (χ1n) is 15.2. The SMILES string of the molecule is CCc1ccc(N(CC(=O)N(Cc2ccccc2F)[C@H](Cc2ccccc2)C(=O)N[C@@H](C)CC)S(=O)(=O)c2ccccc2)cc1. The third-order valence-corrected chi connectivity index (χ3v) is 9.60. The second-order valence-corrected chi connectivity index (χ2v) is 12.8. The zero-order chi connectivity index (χ0) is 32.4. The lowest BCUT2D eigenvalue weighted by molar-refractivity contribution is -0.140. The lowest BCUT2D eigenvalue weighted by Gasteiger charge is -2.34. The van der Waals surface area contributed by atoms with Gasteiger partial charge in [0, 0.05) is 24.6 Å². The summed E-state index contributed by atoms with van der Waals surface area (Å²) < 4.78 is 44.2. The van der Waals surface area contributed by atoms with E-state index in [0.29, 0.717) is 12.1 Å². The predicted molar refractivity (Wildman–Crippen MR) is 176 cm³/mol. The van der Waals surface area contributed by atoms with Crippen molar-refractivity contribution < 1.29 is 22.4 Å². The summed E-state index contributed by atoms with van der Waals surface area (Å²) in [4.78, 5) is 29.6. The highest BCUT2D eigenvalue weighted by molar-refractivity contribution is 7.92. The Balaban J connectivity index is 1.81. The molecule has 0 aliphatic heterocycles. The summed E-state index contributed by atoms with van der Waals surface area (Å²) >= 11 is 0. The second-order valence-electron chi connectivity index (χ2n) is 11.0. The van der Waals surface area contributed by atoms with E-state index in [2.05, 4.69) is 5.32 Å². The van der Waals surface area contributed by atoms with Crippen molar-refractivity contribution in [1.29, 1.82) is 0 Å². The standard InChI is InChI=1S/C36H40FN3O4S/c1-4-27(3)38-36(42)34(24-29-14-8-6-9-15-29)39(25-30-16-12-13-19-33(30)37)35(41)26-40(31-22-20-28(5-2)21-23-31)45(43,44)32-17-10-7-11-18-32/h6-23,27,34H,4-5,24-26H2,1-3H3,(H,38,42)/t27-,34+/m0/s1. The van der Waals surface area contributed by atoms with Gasteiger partial charge in [0.2, 0.25) is 11.8 Å². The first-order chi connectivity index (χ1) is 21.6. The van der Waals surface area contributed by atoms with Crippen LogP contribution in [-0.4, -0.2) is 43.8 Å². The van der Waals surface area contributed by atoms with Crippen LogP contribution in [0.4, 0.5) is 10.1 Å². The fourth-order valence-electron chi connectivity index (χ4n) is 4.95. The van der Waals surface area contributed by atoms with Gasteiger partial charge in [0.05, 0.1) is 10.6 Å². The molecule has 0 aromatic heterocycles. The van der Waals surface area contributed by atoms with Crippen LogP contribution in [0.25, 0.3) is 0 Å². The second kappa shape index (κ2) is 15.5. The Labute approximate surface area is 265 Å². The first kappa shape index (κ1) is 33.4.